The van der Waals surface area contributed by atoms with E-state index in [1.165, 1.54) is 0 Å². The van der Waals surface area contributed by atoms with Crippen LogP contribution in [0.4, 0.5) is 0 Å². The van der Waals surface area contributed by atoms with E-state index in [2.05, 4.69) is 19.2 Å². The summed E-state index contributed by atoms with van der Waals surface area (Å²) in [4.78, 5) is 0.373. The van der Waals surface area contributed by atoms with Crippen molar-refractivity contribution in [1.82, 2.24) is 9.62 Å². The van der Waals surface area contributed by atoms with Gasteiger partial charge in [-0.3, -0.25) is 0 Å². The molecule has 1 atom stereocenters. The van der Waals surface area contributed by atoms with E-state index in [9.17, 15) is 8.42 Å². The molecule has 4 nitrogen and oxygen atoms in total. The Morgan fingerprint density at radius 1 is 1.25 bits per heavy atom. The molecule has 1 aliphatic heterocycles. The first kappa shape index (κ1) is 15.5. The SMILES string of the molecule is CC(C)C1CN(S(=O)(=O)c2ccccc2)C(C)(C)CN1. The minimum absolute atomic E-state index is 0.196. The molecule has 112 valence electrons. The van der Waals surface area contributed by atoms with Gasteiger partial charge in [0.25, 0.3) is 0 Å². The second-order valence-electron chi connectivity index (χ2n) is 6.39. The summed E-state index contributed by atoms with van der Waals surface area (Å²) in [6, 6.07) is 8.89. The third-order valence-electron chi connectivity index (χ3n) is 3.97. The molecule has 1 saturated heterocycles. The lowest BCUT2D eigenvalue weighted by Crippen LogP contribution is -2.64. The standard InChI is InChI=1S/C15H24N2O2S/c1-12(2)14-10-17(15(3,4)11-16-14)20(18,19)13-8-6-5-7-9-13/h5-9,12,14,16H,10-11H2,1-4H3. The minimum Gasteiger partial charge on any atom is -0.311 e. The Morgan fingerprint density at radius 3 is 2.40 bits per heavy atom. The Labute approximate surface area is 122 Å². The van der Waals surface area contributed by atoms with Crippen molar-refractivity contribution in [2.24, 2.45) is 5.92 Å². The number of rotatable bonds is 3. The third kappa shape index (κ3) is 2.90. The highest BCUT2D eigenvalue weighted by Crippen LogP contribution is 2.28. The van der Waals surface area contributed by atoms with Crippen LogP contribution in [0.3, 0.4) is 0 Å². The van der Waals surface area contributed by atoms with Gasteiger partial charge < -0.3 is 5.32 Å². The fourth-order valence-corrected chi connectivity index (χ4v) is 4.38. The summed E-state index contributed by atoms with van der Waals surface area (Å²) in [5.74, 6) is 0.402. The van der Waals surface area contributed by atoms with E-state index in [-0.39, 0.29) is 6.04 Å². The van der Waals surface area contributed by atoms with E-state index in [0.717, 1.165) is 0 Å². The predicted molar refractivity (Wildman–Crippen MR) is 81.0 cm³/mol. The molecule has 5 heteroatoms. The van der Waals surface area contributed by atoms with Gasteiger partial charge >= 0.3 is 0 Å². The molecule has 20 heavy (non-hydrogen) atoms. The molecule has 1 unspecified atom stereocenters. The van der Waals surface area contributed by atoms with Crippen LogP contribution in [0.1, 0.15) is 27.7 Å². The zero-order valence-corrected chi connectivity index (χ0v) is 13.4. The van der Waals surface area contributed by atoms with Crippen molar-refractivity contribution < 1.29 is 8.42 Å². The molecule has 0 amide bonds. The Kier molecular flexibility index (Phi) is 4.23. The van der Waals surface area contributed by atoms with Crippen molar-refractivity contribution in [3.05, 3.63) is 30.3 Å². The van der Waals surface area contributed by atoms with Crippen LogP contribution in [-0.4, -0.2) is 37.4 Å². The maximum atomic E-state index is 12.9. The fraction of sp³-hybridized carbons (Fsp3) is 0.600. The van der Waals surface area contributed by atoms with Crippen LogP contribution in [-0.2, 0) is 10.0 Å². The largest absolute Gasteiger partial charge is 0.311 e. The first-order valence-electron chi connectivity index (χ1n) is 7.06. The highest BCUT2D eigenvalue weighted by Gasteiger charge is 2.42. The van der Waals surface area contributed by atoms with Crippen LogP contribution in [0.25, 0.3) is 0 Å². The van der Waals surface area contributed by atoms with Gasteiger partial charge in [0, 0.05) is 24.7 Å². The monoisotopic (exact) mass is 296 g/mol. The lowest BCUT2D eigenvalue weighted by Gasteiger charge is -2.46. The van der Waals surface area contributed by atoms with Gasteiger partial charge in [0.1, 0.15) is 0 Å². The molecule has 1 N–H and O–H groups in total. The van der Waals surface area contributed by atoms with Gasteiger partial charge in [0.2, 0.25) is 10.0 Å². The highest BCUT2D eigenvalue weighted by atomic mass is 32.2. The van der Waals surface area contributed by atoms with Crippen LogP contribution in [0.5, 0.6) is 0 Å². The zero-order valence-electron chi connectivity index (χ0n) is 12.6. The number of hydrogen-bond donors (Lipinski definition) is 1. The van der Waals surface area contributed by atoms with E-state index in [1.807, 2.05) is 19.9 Å². The van der Waals surface area contributed by atoms with Crippen LogP contribution in [0.2, 0.25) is 0 Å². The maximum absolute atomic E-state index is 12.9. The summed E-state index contributed by atoms with van der Waals surface area (Å²) in [6.07, 6.45) is 0. The molecule has 0 bridgehead atoms. The number of benzene rings is 1. The second kappa shape index (κ2) is 5.47. The van der Waals surface area contributed by atoms with Gasteiger partial charge in [0.15, 0.2) is 0 Å². The van der Waals surface area contributed by atoms with Crippen LogP contribution in [0.15, 0.2) is 35.2 Å². The Morgan fingerprint density at radius 2 is 1.85 bits per heavy atom. The summed E-state index contributed by atoms with van der Waals surface area (Å²) in [5, 5.41) is 3.46. The molecular formula is C15H24N2O2S. The number of hydrogen-bond acceptors (Lipinski definition) is 3. The van der Waals surface area contributed by atoms with Crippen molar-refractivity contribution >= 4 is 10.0 Å². The number of sulfonamides is 1. The van der Waals surface area contributed by atoms with E-state index >= 15 is 0 Å². The summed E-state index contributed by atoms with van der Waals surface area (Å²) in [5.41, 5.74) is -0.417. The van der Waals surface area contributed by atoms with Gasteiger partial charge in [-0.2, -0.15) is 4.31 Å². The average molecular weight is 296 g/mol. The molecule has 2 rings (SSSR count). The second-order valence-corrected chi connectivity index (χ2v) is 8.26. The van der Waals surface area contributed by atoms with E-state index in [0.29, 0.717) is 23.9 Å². The fourth-order valence-electron chi connectivity index (χ4n) is 2.55. The van der Waals surface area contributed by atoms with Crippen LogP contribution < -0.4 is 5.32 Å². The Hall–Kier alpha value is -0.910. The normalized spacial score (nSPS) is 23.9. The molecule has 1 aromatic rings. The smallest absolute Gasteiger partial charge is 0.243 e. The van der Waals surface area contributed by atoms with Crippen LogP contribution in [0, 0.1) is 5.92 Å². The van der Waals surface area contributed by atoms with Crippen molar-refractivity contribution in [3.63, 3.8) is 0 Å². The van der Waals surface area contributed by atoms with Crippen molar-refractivity contribution in [1.29, 1.82) is 0 Å². The Bertz CT molecular complexity index is 552. The van der Waals surface area contributed by atoms with Gasteiger partial charge in [-0.25, -0.2) is 8.42 Å². The maximum Gasteiger partial charge on any atom is 0.243 e. The number of nitrogens with zero attached hydrogens (tertiary/aromatic N) is 1. The first-order chi connectivity index (χ1) is 9.25. The summed E-state index contributed by atoms with van der Waals surface area (Å²) < 4.78 is 27.4. The minimum atomic E-state index is -3.44. The summed E-state index contributed by atoms with van der Waals surface area (Å²) in [7, 11) is -3.44. The quantitative estimate of drug-likeness (QED) is 0.929. The van der Waals surface area contributed by atoms with Crippen molar-refractivity contribution in [2.45, 2.75) is 44.2 Å². The van der Waals surface area contributed by atoms with Crippen molar-refractivity contribution in [3.8, 4) is 0 Å². The predicted octanol–water partition coefficient (Wildman–Crippen LogP) is 2.08. The Balaban J connectivity index is 2.37. The van der Waals surface area contributed by atoms with Gasteiger partial charge in [-0.05, 0) is 31.9 Å². The van der Waals surface area contributed by atoms with Crippen LogP contribution >= 0.6 is 0 Å². The zero-order chi connectivity index (χ0) is 15.0. The number of nitrogens with one attached hydrogen (secondary N) is 1. The van der Waals surface area contributed by atoms with E-state index in [1.54, 1.807) is 28.6 Å². The third-order valence-corrected chi connectivity index (χ3v) is 6.06. The molecule has 0 radical (unpaired) electrons. The average Bonchev–Trinajstić information content (AvgIpc) is 2.38. The molecule has 0 aliphatic carbocycles. The lowest BCUT2D eigenvalue weighted by atomic mass is 9.96. The highest BCUT2D eigenvalue weighted by molar-refractivity contribution is 7.89. The van der Waals surface area contributed by atoms with E-state index < -0.39 is 15.6 Å². The van der Waals surface area contributed by atoms with E-state index in [4.69, 9.17) is 0 Å². The number of piperazine rings is 1. The molecule has 0 spiro atoms. The molecule has 1 aromatic carbocycles. The molecule has 0 aromatic heterocycles. The molecule has 1 heterocycles. The molecular weight excluding hydrogens is 272 g/mol. The summed E-state index contributed by atoms with van der Waals surface area (Å²) >= 11 is 0. The topological polar surface area (TPSA) is 49.4 Å². The van der Waals surface area contributed by atoms with Gasteiger partial charge in [-0.1, -0.05) is 32.0 Å². The summed E-state index contributed by atoms with van der Waals surface area (Å²) in [6.45, 7) is 9.35. The van der Waals surface area contributed by atoms with Gasteiger partial charge in [-0.15, -0.1) is 0 Å². The van der Waals surface area contributed by atoms with Crippen molar-refractivity contribution in [2.75, 3.05) is 13.1 Å². The van der Waals surface area contributed by atoms with Gasteiger partial charge in [0.05, 0.1) is 4.90 Å². The first-order valence-corrected chi connectivity index (χ1v) is 8.50. The molecule has 1 aliphatic rings. The molecule has 0 saturated carbocycles. The molecule has 1 fully saturated rings. The lowest BCUT2D eigenvalue weighted by molar-refractivity contribution is 0.134.